The van der Waals surface area contributed by atoms with Crippen molar-refractivity contribution in [3.05, 3.63) is 271 Å². The van der Waals surface area contributed by atoms with Crippen LogP contribution >= 0.6 is 0 Å². The summed E-state index contributed by atoms with van der Waals surface area (Å²) in [7, 11) is 0. The highest BCUT2D eigenvalue weighted by molar-refractivity contribution is 6.15. The van der Waals surface area contributed by atoms with Crippen LogP contribution in [0.1, 0.15) is 22.3 Å². The Labute approximate surface area is 367 Å². The third kappa shape index (κ3) is 5.95. The lowest BCUT2D eigenvalue weighted by Crippen LogP contribution is -2.28. The van der Waals surface area contributed by atoms with Crippen LogP contribution in [0.3, 0.4) is 0 Å². The molecule has 2 heteroatoms. The first kappa shape index (κ1) is 36.6. The molecule has 1 aromatic heterocycles. The van der Waals surface area contributed by atoms with E-state index < -0.39 is 5.41 Å². The molecule has 0 saturated heterocycles. The Morgan fingerprint density at radius 2 is 0.714 bits per heavy atom. The minimum Gasteiger partial charge on any atom is -0.455 e. The number of hydrogen-bond acceptors (Lipinski definition) is 2. The molecule has 2 nitrogen and oxygen atoms in total. The van der Waals surface area contributed by atoms with Gasteiger partial charge in [-0.15, -0.1) is 0 Å². The Bertz CT molecular complexity index is 3270. The van der Waals surface area contributed by atoms with Crippen LogP contribution in [0.4, 0.5) is 17.1 Å². The first-order valence-corrected chi connectivity index (χ1v) is 21.7. The Morgan fingerprint density at radius 3 is 1.25 bits per heavy atom. The minimum absolute atomic E-state index is 0.490. The number of fused-ring (bicyclic) bond motifs is 7. The van der Waals surface area contributed by atoms with Gasteiger partial charge in [0.1, 0.15) is 11.2 Å². The molecule has 0 N–H and O–H groups in total. The molecule has 10 aromatic carbocycles. The van der Waals surface area contributed by atoms with E-state index in [0.29, 0.717) is 0 Å². The summed E-state index contributed by atoms with van der Waals surface area (Å²) in [5, 5.41) is 2.24. The second-order valence-corrected chi connectivity index (χ2v) is 16.4. The largest absolute Gasteiger partial charge is 0.455 e. The SMILES string of the molecule is c1ccc(-c2ccc(N(c3ccc(-c4ccccc4)cc3)c3ccc(-c4cccc5c4oc4c6c(ccc45)C(c4ccccc4)(c4ccccc4)c4ccccc4-6)cc3)cc2)cc1. The molecule has 0 radical (unpaired) electrons. The molecule has 296 valence electrons. The monoisotopic (exact) mass is 803 g/mol. The van der Waals surface area contributed by atoms with Crippen molar-refractivity contribution in [2.24, 2.45) is 0 Å². The van der Waals surface area contributed by atoms with E-state index in [1.165, 1.54) is 55.6 Å². The van der Waals surface area contributed by atoms with E-state index in [0.717, 1.165) is 50.1 Å². The second-order valence-electron chi connectivity index (χ2n) is 16.4. The molecule has 0 unspecified atom stereocenters. The Morgan fingerprint density at radius 1 is 0.286 bits per heavy atom. The average molecular weight is 804 g/mol. The third-order valence-electron chi connectivity index (χ3n) is 13.0. The highest BCUT2D eigenvalue weighted by Gasteiger charge is 2.47. The summed E-state index contributed by atoms with van der Waals surface area (Å²) < 4.78 is 7.20. The first-order valence-electron chi connectivity index (χ1n) is 21.7. The standard InChI is InChI=1S/C61H41NO/c1-5-16-42(17-6-1)44-28-34-49(35-29-44)62(50-36-30-45(31-37-50)43-18-7-2-8-19-43)51-38-32-46(33-39-51)52-25-15-26-53-54-40-41-57-58(60(54)63-59(52)53)55-24-13-14-27-56(55)61(57,47-20-9-3-10-21-47)48-22-11-4-12-23-48/h1-41H. The van der Waals surface area contributed by atoms with Crippen molar-refractivity contribution in [1.82, 2.24) is 0 Å². The number of para-hydroxylation sites is 1. The Balaban J connectivity index is 0.978. The number of furan rings is 1. The normalized spacial score (nSPS) is 12.6. The number of benzene rings is 10. The lowest BCUT2D eigenvalue weighted by Gasteiger charge is -2.33. The van der Waals surface area contributed by atoms with E-state index >= 15 is 0 Å². The van der Waals surface area contributed by atoms with Gasteiger partial charge in [-0.3, -0.25) is 0 Å². The zero-order chi connectivity index (χ0) is 41.7. The molecule has 0 amide bonds. The molecule has 0 atom stereocenters. The van der Waals surface area contributed by atoms with Crippen molar-refractivity contribution in [3.63, 3.8) is 0 Å². The van der Waals surface area contributed by atoms with Crippen LogP contribution in [0.15, 0.2) is 253 Å². The van der Waals surface area contributed by atoms with Gasteiger partial charge >= 0.3 is 0 Å². The van der Waals surface area contributed by atoms with Gasteiger partial charge in [0.25, 0.3) is 0 Å². The summed E-state index contributed by atoms with van der Waals surface area (Å²) in [6, 6.07) is 89.7. The molecule has 0 spiro atoms. The van der Waals surface area contributed by atoms with Gasteiger partial charge in [-0.1, -0.05) is 212 Å². The predicted molar refractivity (Wildman–Crippen MR) is 262 cm³/mol. The summed E-state index contributed by atoms with van der Waals surface area (Å²) in [6.07, 6.45) is 0. The Hall–Kier alpha value is -8.20. The van der Waals surface area contributed by atoms with Crippen LogP contribution in [0.25, 0.3) is 66.4 Å². The van der Waals surface area contributed by atoms with Crippen molar-refractivity contribution >= 4 is 39.0 Å². The smallest absolute Gasteiger partial charge is 0.143 e. The van der Waals surface area contributed by atoms with Crippen LogP contribution in [0.5, 0.6) is 0 Å². The van der Waals surface area contributed by atoms with Crippen molar-refractivity contribution in [2.75, 3.05) is 4.90 Å². The van der Waals surface area contributed by atoms with E-state index in [-0.39, 0.29) is 0 Å². The van der Waals surface area contributed by atoms with Gasteiger partial charge in [-0.05, 0) is 92.0 Å². The molecule has 0 bridgehead atoms. The van der Waals surface area contributed by atoms with Crippen LogP contribution in [-0.2, 0) is 5.41 Å². The van der Waals surface area contributed by atoms with Gasteiger partial charge in [0.2, 0.25) is 0 Å². The van der Waals surface area contributed by atoms with E-state index in [1.54, 1.807) is 0 Å². The van der Waals surface area contributed by atoms with Crippen molar-refractivity contribution < 1.29 is 4.42 Å². The fourth-order valence-electron chi connectivity index (χ4n) is 10.1. The molecule has 1 aliphatic carbocycles. The molecule has 1 heterocycles. The quantitative estimate of drug-likeness (QED) is 0.152. The summed E-state index contributed by atoms with van der Waals surface area (Å²) in [6.45, 7) is 0. The molecular weight excluding hydrogens is 763 g/mol. The number of nitrogens with zero attached hydrogens (tertiary/aromatic N) is 1. The highest BCUT2D eigenvalue weighted by atomic mass is 16.3. The van der Waals surface area contributed by atoms with Crippen molar-refractivity contribution in [2.45, 2.75) is 5.41 Å². The fourth-order valence-corrected chi connectivity index (χ4v) is 10.1. The molecule has 0 fully saturated rings. The second kappa shape index (κ2) is 15.1. The molecule has 12 rings (SSSR count). The predicted octanol–water partition coefficient (Wildman–Crippen LogP) is 16.4. The fraction of sp³-hybridized carbons (Fsp3) is 0.0164. The van der Waals surface area contributed by atoms with Gasteiger partial charge in [0.05, 0.1) is 5.41 Å². The topological polar surface area (TPSA) is 16.4 Å². The maximum absolute atomic E-state index is 7.20. The van der Waals surface area contributed by atoms with Gasteiger partial charge in [-0.2, -0.15) is 0 Å². The number of hydrogen-bond donors (Lipinski definition) is 0. The first-order chi connectivity index (χ1) is 31.3. The third-order valence-corrected chi connectivity index (χ3v) is 13.0. The van der Waals surface area contributed by atoms with Gasteiger partial charge in [0, 0.05) is 39.0 Å². The van der Waals surface area contributed by atoms with E-state index in [9.17, 15) is 0 Å². The van der Waals surface area contributed by atoms with Crippen LogP contribution < -0.4 is 4.90 Å². The molecule has 1 aliphatic rings. The van der Waals surface area contributed by atoms with Crippen LogP contribution in [0.2, 0.25) is 0 Å². The maximum atomic E-state index is 7.20. The molecule has 63 heavy (non-hydrogen) atoms. The number of anilines is 3. The van der Waals surface area contributed by atoms with Crippen LogP contribution in [0, 0.1) is 0 Å². The summed E-state index contributed by atoms with van der Waals surface area (Å²) in [5.41, 5.74) is 18.9. The lowest BCUT2D eigenvalue weighted by atomic mass is 9.68. The summed E-state index contributed by atoms with van der Waals surface area (Å²) >= 11 is 0. The average Bonchev–Trinajstić information content (AvgIpc) is 3.90. The van der Waals surface area contributed by atoms with Gasteiger partial charge in [-0.25, -0.2) is 0 Å². The van der Waals surface area contributed by atoms with E-state index in [4.69, 9.17) is 4.42 Å². The lowest BCUT2D eigenvalue weighted by molar-refractivity contribution is 0.670. The summed E-state index contributed by atoms with van der Waals surface area (Å²) in [4.78, 5) is 2.33. The van der Waals surface area contributed by atoms with Crippen molar-refractivity contribution in [3.8, 4) is 44.5 Å². The zero-order valence-corrected chi connectivity index (χ0v) is 34.5. The van der Waals surface area contributed by atoms with Crippen LogP contribution in [-0.4, -0.2) is 0 Å². The maximum Gasteiger partial charge on any atom is 0.143 e. The van der Waals surface area contributed by atoms with E-state index in [2.05, 4.69) is 254 Å². The Kier molecular flexibility index (Phi) is 8.76. The van der Waals surface area contributed by atoms with Gasteiger partial charge < -0.3 is 9.32 Å². The van der Waals surface area contributed by atoms with Gasteiger partial charge in [0.15, 0.2) is 0 Å². The molecule has 11 aromatic rings. The summed E-state index contributed by atoms with van der Waals surface area (Å²) in [5.74, 6) is 0. The zero-order valence-electron chi connectivity index (χ0n) is 34.5. The van der Waals surface area contributed by atoms with E-state index in [1.807, 2.05) is 0 Å². The molecule has 0 saturated carbocycles. The highest BCUT2D eigenvalue weighted by Crippen LogP contribution is 2.58. The number of rotatable bonds is 8. The molecular formula is C61H41NO. The molecule has 0 aliphatic heterocycles. The minimum atomic E-state index is -0.490. The van der Waals surface area contributed by atoms with Crippen molar-refractivity contribution in [1.29, 1.82) is 0 Å².